The van der Waals surface area contributed by atoms with Crippen molar-refractivity contribution in [1.29, 1.82) is 5.26 Å². The van der Waals surface area contributed by atoms with Crippen LogP contribution in [0.5, 0.6) is 0 Å². The largest absolute Gasteiger partial charge is 0.292 e. The van der Waals surface area contributed by atoms with Crippen LogP contribution in [0.4, 0.5) is 0 Å². The van der Waals surface area contributed by atoms with Crippen LogP contribution in [-0.4, -0.2) is 5.78 Å². The molecule has 4 heteroatoms. The molecule has 20 heavy (non-hydrogen) atoms. The van der Waals surface area contributed by atoms with Crippen LogP contribution in [0, 0.1) is 18.3 Å². The second-order valence-corrected chi connectivity index (χ2v) is 5.73. The number of halogens is 2. The first-order chi connectivity index (χ1) is 9.54. The Hall–Kier alpha value is -1.63. The van der Waals surface area contributed by atoms with Crippen molar-refractivity contribution >= 4 is 33.3 Å². The van der Waals surface area contributed by atoms with Gasteiger partial charge in [-0.1, -0.05) is 51.8 Å². The minimum Gasteiger partial charge on any atom is -0.292 e. The molecule has 0 aliphatic heterocycles. The summed E-state index contributed by atoms with van der Waals surface area (Å²) in [7, 11) is 0. The van der Waals surface area contributed by atoms with E-state index in [1.807, 2.05) is 19.1 Å². The fourth-order valence-electron chi connectivity index (χ4n) is 1.99. The van der Waals surface area contributed by atoms with E-state index in [-0.39, 0.29) is 5.78 Å². The standard InChI is InChI=1S/C16H11BrClNO/c1-10-6-7-11(17)8-13(10)16(20)14(9-19)12-4-2-3-5-15(12)18/h2-8,14H,1H3. The Morgan fingerprint density at radius 1 is 1.30 bits per heavy atom. The van der Waals surface area contributed by atoms with E-state index >= 15 is 0 Å². The van der Waals surface area contributed by atoms with Crippen LogP contribution in [0.1, 0.15) is 27.4 Å². The van der Waals surface area contributed by atoms with E-state index in [1.165, 1.54) is 0 Å². The van der Waals surface area contributed by atoms with Crippen LogP contribution in [0.2, 0.25) is 5.02 Å². The van der Waals surface area contributed by atoms with Gasteiger partial charge in [-0.2, -0.15) is 5.26 Å². The van der Waals surface area contributed by atoms with Crippen LogP contribution in [0.25, 0.3) is 0 Å². The van der Waals surface area contributed by atoms with Gasteiger partial charge in [0.2, 0.25) is 0 Å². The van der Waals surface area contributed by atoms with E-state index in [4.69, 9.17) is 11.6 Å². The lowest BCUT2D eigenvalue weighted by molar-refractivity contribution is 0.0978. The molecule has 0 N–H and O–H groups in total. The summed E-state index contributed by atoms with van der Waals surface area (Å²) in [5.41, 5.74) is 1.91. The molecule has 0 saturated carbocycles. The van der Waals surface area contributed by atoms with Gasteiger partial charge in [-0.3, -0.25) is 4.79 Å². The van der Waals surface area contributed by atoms with Gasteiger partial charge in [0.25, 0.3) is 0 Å². The van der Waals surface area contributed by atoms with Crippen LogP contribution in [0.15, 0.2) is 46.9 Å². The maximum absolute atomic E-state index is 12.6. The van der Waals surface area contributed by atoms with Crippen LogP contribution in [0.3, 0.4) is 0 Å². The monoisotopic (exact) mass is 347 g/mol. The fourth-order valence-corrected chi connectivity index (χ4v) is 2.60. The average Bonchev–Trinajstić information content (AvgIpc) is 2.44. The van der Waals surface area contributed by atoms with Gasteiger partial charge < -0.3 is 0 Å². The second kappa shape index (κ2) is 6.21. The molecule has 0 spiro atoms. The van der Waals surface area contributed by atoms with Gasteiger partial charge in [-0.05, 0) is 36.2 Å². The molecule has 0 aromatic heterocycles. The molecule has 0 aliphatic carbocycles. The molecule has 2 aromatic carbocycles. The Balaban J connectivity index is 2.48. The van der Waals surface area contributed by atoms with Crippen molar-refractivity contribution < 1.29 is 4.79 Å². The molecular weight excluding hydrogens is 338 g/mol. The quantitative estimate of drug-likeness (QED) is 0.740. The van der Waals surface area contributed by atoms with Gasteiger partial charge in [0, 0.05) is 15.1 Å². The van der Waals surface area contributed by atoms with Gasteiger partial charge in [0.15, 0.2) is 5.78 Å². The van der Waals surface area contributed by atoms with Crippen LogP contribution < -0.4 is 0 Å². The van der Waals surface area contributed by atoms with Gasteiger partial charge in [0.05, 0.1) is 6.07 Å². The third kappa shape index (κ3) is 2.92. The molecule has 0 aliphatic rings. The molecule has 1 unspecified atom stereocenters. The molecule has 0 fully saturated rings. The van der Waals surface area contributed by atoms with Gasteiger partial charge in [0.1, 0.15) is 5.92 Å². The topological polar surface area (TPSA) is 40.9 Å². The van der Waals surface area contributed by atoms with Crippen molar-refractivity contribution in [3.8, 4) is 6.07 Å². The summed E-state index contributed by atoms with van der Waals surface area (Å²) >= 11 is 9.43. The van der Waals surface area contributed by atoms with Crippen LogP contribution >= 0.6 is 27.5 Å². The molecule has 1 atom stereocenters. The highest BCUT2D eigenvalue weighted by Crippen LogP contribution is 2.29. The summed E-state index contributed by atoms with van der Waals surface area (Å²) in [5.74, 6) is -1.13. The van der Waals surface area contributed by atoms with Crippen molar-refractivity contribution in [2.75, 3.05) is 0 Å². The Morgan fingerprint density at radius 2 is 2.00 bits per heavy atom. The highest BCUT2D eigenvalue weighted by Gasteiger charge is 2.25. The smallest absolute Gasteiger partial charge is 0.184 e. The lowest BCUT2D eigenvalue weighted by Crippen LogP contribution is -2.13. The molecular formula is C16H11BrClNO. The molecule has 100 valence electrons. The minimum absolute atomic E-state index is 0.237. The predicted octanol–water partition coefficient (Wildman–Crippen LogP) is 4.90. The summed E-state index contributed by atoms with van der Waals surface area (Å²) in [6, 6.07) is 14.4. The number of rotatable bonds is 3. The second-order valence-electron chi connectivity index (χ2n) is 4.41. The molecule has 0 bridgehead atoms. The number of carbonyl (C=O) groups excluding carboxylic acids is 1. The number of nitriles is 1. The summed E-state index contributed by atoms with van der Waals surface area (Å²) in [6.45, 7) is 1.85. The average molecular weight is 349 g/mol. The zero-order valence-corrected chi connectivity index (χ0v) is 13.1. The van der Waals surface area contributed by atoms with Gasteiger partial charge >= 0.3 is 0 Å². The molecule has 0 radical (unpaired) electrons. The molecule has 2 aromatic rings. The van der Waals surface area contributed by atoms with Crippen molar-refractivity contribution in [1.82, 2.24) is 0 Å². The normalized spacial score (nSPS) is 11.7. The number of hydrogen-bond donors (Lipinski definition) is 0. The van der Waals surface area contributed by atoms with Crippen LogP contribution in [-0.2, 0) is 0 Å². The fraction of sp³-hybridized carbons (Fsp3) is 0.125. The number of nitrogens with zero attached hydrogens (tertiary/aromatic N) is 1. The summed E-state index contributed by atoms with van der Waals surface area (Å²) in [4.78, 5) is 12.6. The zero-order chi connectivity index (χ0) is 14.7. The Labute approximate surface area is 131 Å². The number of carbonyl (C=O) groups is 1. The number of hydrogen-bond acceptors (Lipinski definition) is 2. The maximum atomic E-state index is 12.6. The summed E-state index contributed by atoms with van der Waals surface area (Å²) in [6.07, 6.45) is 0. The van der Waals surface area contributed by atoms with Gasteiger partial charge in [-0.15, -0.1) is 0 Å². The molecule has 2 rings (SSSR count). The predicted molar refractivity (Wildman–Crippen MR) is 83.0 cm³/mol. The van der Waals surface area contributed by atoms with Crippen molar-refractivity contribution in [3.63, 3.8) is 0 Å². The van der Waals surface area contributed by atoms with E-state index in [9.17, 15) is 10.1 Å². The first-order valence-corrected chi connectivity index (χ1v) is 7.16. The van der Waals surface area contributed by atoms with E-state index < -0.39 is 5.92 Å². The Bertz CT molecular complexity index is 706. The molecule has 2 nitrogen and oxygen atoms in total. The van der Waals surface area contributed by atoms with E-state index in [2.05, 4.69) is 22.0 Å². The molecule has 0 amide bonds. The van der Waals surface area contributed by atoms with E-state index in [0.717, 1.165) is 10.0 Å². The number of aryl methyl sites for hydroxylation is 1. The summed E-state index contributed by atoms with van der Waals surface area (Å²) < 4.78 is 0.808. The van der Waals surface area contributed by atoms with Gasteiger partial charge in [-0.25, -0.2) is 0 Å². The highest BCUT2D eigenvalue weighted by molar-refractivity contribution is 9.10. The van der Waals surface area contributed by atoms with Crippen molar-refractivity contribution in [2.45, 2.75) is 12.8 Å². The lowest BCUT2D eigenvalue weighted by Gasteiger charge is -2.12. The number of Topliss-reactive ketones (excluding diaryl/α,β-unsaturated/α-hetero) is 1. The van der Waals surface area contributed by atoms with E-state index in [1.54, 1.807) is 30.3 Å². The Kier molecular flexibility index (Phi) is 4.59. The lowest BCUT2D eigenvalue weighted by atomic mass is 9.90. The first kappa shape index (κ1) is 14.8. The highest BCUT2D eigenvalue weighted by atomic mass is 79.9. The number of benzene rings is 2. The first-order valence-electron chi connectivity index (χ1n) is 5.99. The van der Waals surface area contributed by atoms with Crippen molar-refractivity contribution in [3.05, 3.63) is 68.7 Å². The van der Waals surface area contributed by atoms with Crippen molar-refractivity contribution in [2.24, 2.45) is 0 Å². The zero-order valence-electron chi connectivity index (χ0n) is 10.7. The molecule has 0 heterocycles. The summed E-state index contributed by atoms with van der Waals surface area (Å²) in [5, 5.41) is 9.79. The Morgan fingerprint density at radius 3 is 2.65 bits per heavy atom. The van der Waals surface area contributed by atoms with E-state index in [0.29, 0.717) is 16.1 Å². The maximum Gasteiger partial charge on any atom is 0.184 e. The number of ketones is 1. The SMILES string of the molecule is Cc1ccc(Br)cc1C(=O)C(C#N)c1ccccc1Cl. The minimum atomic E-state index is -0.892. The third-order valence-electron chi connectivity index (χ3n) is 3.07. The molecule has 0 saturated heterocycles. The third-order valence-corrected chi connectivity index (χ3v) is 3.91.